The average Bonchev–Trinajstić information content (AvgIpc) is 2.62. The fourth-order valence-electron chi connectivity index (χ4n) is 1.09. The Morgan fingerprint density at radius 1 is 1.40 bits per heavy atom. The lowest BCUT2D eigenvalue weighted by atomic mass is 10.5. The van der Waals surface area contributed by atoms with Crippen molar-refractivity contribution in [2.45, 2.75) is 13.5 Å². The molecule has 2 rings (SSSR count). The standard InChI is InChI=1S/C9H9ClN4O/c1-6-12-2-7(15-6)3-13-9-5-11-4-8(10)14-9/h2,4-5H,3H2,1H3,(H,13,14). The van der Waals surface area contributed by atoms with Gasteiger partial charge in [-0.15, -0.1) is 0 Å². The number of hydrogen-bond acceptors (Lipinski definition) is 5. The minimum absolute atomic E-state index is 0.355. The molecule has 5 nitrogen and oxygen atoms in total. The van der Waals surface area contributed by atoms with Gasteiger partial charge in [-0.25, -0.2) is 9.97 Å². The highest BCUT2D eigenvalue weighted by molar-refractivity contribution is 6.29. The summed E-state index contributed by atoms with van der Waals surface area (Å²) in [7, 11) is 0. The van der Waals surface area contributed by atoms with Crippen LogP contribution in [-0.4, -0.2) is 15.0 Å². The number of nitrogens with zero attached hydrogens (tertiary/aromatic N) is 3. The van der Waals surface area contributed by atoms with Crippen molar-refractivity contribution >= 4 is 17.4 Å². The van der Waals surface area contributed by atoms with Gasteiger partial charge in [0, 0.05) is 6.92 Å². The summed E-state index contributed by atoms with van der Waals surface area (Å²) in [4.78, 5) is 11.9. The first-order valence-corrected chi connectivity index (χ1v) is 4.74. The van der Waals surface area contributed by atoms with Crippen LogP contribution in [0.15, 0.2) is 23.0 Å². The van der Waals surface area contributed by atoms with E-state index in [1.54, 1.807) is 19.3 Å². The molecule has 1 N–H and O–H groups in total. The van der Waals surface area contributed by atoms with Gasteiger partial charge in [-0.05, 0) is 0 Å². The normalized spacial score (nSPS) is 10.3. The predicted octanol–water partition coefficient (Wildman–Crippen LogP) is 2.04. The minimum Gasteiger partial charge on any atom is -0.444 e. The highest BCUT2D eigenvalue weighted by atomic mass is 35.5. The molecule has 15 heavy (non-hydrogen) atoms. The van der Waals surface area contributed by atoms with E-state index in [9.17, 15) is 0 Å². The molecule has 0 aliphatic carbocycles. The van der Waals surface area contributed by atoms with E-state index in [0.717, 1.165) is 5.76 Å². The van der Waals surface area contributed by atoms with Gasteiger partial charge in [0.25, 0.3) is 0 Å². The predicted molar refractivity (Wildman–Crippen MR) is 55.6 cm³/mol. The molecule has 6 heteroatoms. The summed E-state index contributed by atoms with van der Waals surface area (Å²) in [5.74, 6) is 2.00. The largest absolute Gasteiger partial charge is 0.444 e. The minimum atomic E-state index is 0.355. The van der Waals surface area contributed by atoms with Crippen LogP contribution in [0.1, 0.15) is 11.7 Å². The smallest absolute Gasteiger partial charge is 0.191 e. The van der Waals surface area contributed by atoms with Gasteiger partial charge in [0.05, 0.1) is 25.1 Å². The van der Waals surface area contributed by atoms with E-state index >= 15 is 0 Å². The molecule has 0 fully saturated rings. The Labute approximate surface area is 91.5 Å². The maximum Gasteiger partial charge on any atom is 0.191 e. The molecule has 0 spiro atoms. The van der Waals surface area contributed by atoms with Crippen LogP contribution >= 0.6 is 11.6 Å². The Hall–Kier alpha value is -1.62. The zero-order valence-corrected chi connectivity index (χ0v) is 8.82. The van der Waals surface area contributed by atoms with Crippen molar-refractivity contribution in [2.75, 3.05) is 5.32 Å². The molecule has 0 aliphatic rings. The molecule has 0 aromatic carbocycles. The SMILES string of the molecule is Cc1ncc(CNc2cncc(Cl)n2)o1. The van der Waals surface area contributed by atoms with Crippen LogP contribution in [0.5, 0.6) is 0 Å². The van der Waals surface area contributed by atoms with E-state index < -0.39 is 0 Å². The number of nitrogens with one attached hydrogen (secondary N) is 1. The Kier molecular flexibility index (Phi) is 2.82. The second kappa shape index (κ2) is 4.27. The summed E-state index contributed by atoms with van der Waals surface area (Å²) in [5.41, 5.74) is 0. The summed E-state index contributed by atoms with van der Waals surface area (Å²) in [6.07, 6.45) is 4.74. The van der Waals surface area contributed by atoms with Crippen molar-refractivity contribution < 1.29 is 4.42 Å². The lowest BCUT2D eigenvalue weighted by molar-refractivity contribution is 0.481. The fraction of sp³-hybridized carbons (Fsp3) is 0.222. The van der Waals surface area contributed by atoms with Gasteiger partial charge in [-0.3, -0.25) is 4.98 Å². The first kappa shape index (κ1) is 9.92. The van der Waals surface area contributed by atoms with E-state index in [2.05, 4.69) is 20.3 Å². The second-order valence-corrected chi connectivity index (χ2v) is 3.31. The van der Waals surface area contributed by atoms with Gasteiger partial charge < -0.3 is 9.73 Å². The van der Waals surface area contributed by atoms with E-state index in [-0.39, 0.29) is 0 Å². The van der Waals surface area contributed by atoms with Gasteiger partial charge in [0.15, 0.2) is 5.89 Å². The molecule has 0 aliphatic heterocycles. The van der Waals surface area contributed by atoms with Crippen molar-refractivity contribution in [3.05, 3.63) is 35.4 Å². The number of hydrogen-bond donors (Lipinski definition) is 1. The molecular weight excluding hydrogens is 216 g/mol. The van der Waals surface area contributed by atoms with Crippen LogP contribution < -0.4 is 5.32 Å². The Morgan fingerprint density at radius 2 is 2.27 bits per heavy atom. The van der Waals surface area contributed by atoms with Gasteiger partial charge in [-0.1, -0.05) is 11.6 Å². The number of aromatic nitrogens is 3. The van der Waals surface area contributed by atoms with Gasteiger partial charge in [-0.2, -0.15) is 0 Å². The van der Waals surface area contributed by atoms with Crippen LogP contribution in [0.2, 0.25) is 5.15 Å². The highest BCUT2D eigenvalue weighted by Gasteiger charge is 2.00. The maximum atomic E-state index is 5.68. The second-order valence-electron chi connectivity index (χ2n) is 2.93. The first-order valence-electron chi connectivity index (χ1n) is 4.37. The van der Waals surface area contributed by atoms with Crippen molar-refractivity contribution in [3.63, 3.8) is 0 Å². The lowest BCUT2D eigenvalue weighted by Gasteiger charge is -2.01. The number of anilines is 1. The highest BCUT2D eigenvalue weighted by Crippen LogP contribution is 2.09. The molecule has 0 amide bonds. The molecule has 2 aromatic heterocycles. The molecular formula is C9H9ClN4O. The van der Waals surface area contributed by atoms with Gasteiger partial charge in [0.1, 0.15) is 16.7 Å². The van der Waals surface area contributed by atoms with Crippen molar-refractivity contribution in [3.8, 4) is 0 Å². The summed E-state index contributed by atoms with van der Waals surface area (Å²) in [6, 6.07) is 0. The summed E-state index contributed by atoms with van der Waals surface area (Å²) < 4.78 is 5.28. The zero-order chi connectivity index (χ0) is 10.7. The Balaban J connectivity index is 1.99. The molecule has 0 saturated heterocycles. The van der Waals surface area contributed by atoms with Crippen LogP contribution in [0.25, 0.3) is 0 Å². The molecule has 0 radical (unpaired) electrons. The Morgan fingerprint density at radius 3 is 2.93 bits per heavy atom. The van der Waals surface area contributed by atoms with E-state index in [4.69, 9.17) is 16.0 Å². The Bertz CT molecular complexity index is 457. The van der Waals surface area contributed by atoms with E-state index in [0.29, 0.717) is 23.4 Å². The van der Waals surface area contributed by atoms with Crippen LogP contribution in [0.3, 0.4) is 0 Å². The van der Waals surface area contributed by atoms with Crippen LogP contribution in [0, 0.1) is 6.92 Å². The van der Waals surface area contributed by atoms with Crippen molar-refractivity contribution in [1.29, 1.82) is 0 Å². The summed E-state index contributed by atoms with van der Waals surface area (Å²) >= 11 is 5.68. The number of oxazole rings is 1. The van der Waals surface area contributed by atoms with Crippen molar-refractivity contribution in [1.82, 2.24) is 15.0 Å². The lowest BCUT2D eigenvalue weighted by Crippen LogP contribution is -2.00. The van der Waals surface area contributed by atoms with Gasteiger partial charge in [0.2, 0.25) is 0 Å². The number of halogens is 1. The van der Waals surface area contributed by atoms with E-state index in [1.807, 2.05) is 0 Å². The van der Waals surface area contributed by atoms with Crippen molar-refractivity contribution in [2.24, 2.45) is 0 Å². The monoisotopic (exact) mass is 224 g/mol. The summed E-state index contributed by atoms with van der Waals surface area (Å²) in [5, 5.41) is 3.38. The van der Waals surface area contributed by atoms with Crippen LogP contribution in [0.4, 0.5) is 5.82 Å². The average molecular weight is 225 g/mol. The quantitative estimate of drug-likeness (QED) is 0.864. The third-order valence-corrected chi connectivity index (χ3v) is 1.90. The zero-order valence-electron chi connectivity index (χ0n) is 8.07. The fourth-order valence-corrected chi connectivity index (χ4v) is 1.24. The topological polar surface area (TPSA) is 63.8 Å². The number of aryl methyl sites for hydroxylation is 1. The first-order chi connectivity index (χ1) is 7.24. The third-order valence-electron chi connectivity index (χ3n) is 1.72. The molecule has 0 atom stereocenters. The molecule has 0 bridgehead atoms. The molecule has 2 aromatic rings. The maximum absolute atomic E-state index is 5.68. The molecule has 0 unspecified atom stereocenters. The third kappa shape index (κ3) is 2.66. The molecule has 78 valence electrons. The molecule has 2 heterocycles. The van der Waals surface area contributed by atoms with Crippen LogP contribution in [-0.2, 0) is 6.54 Å². The number of rotatable bonds is 3. The summed E-state index contributed by atoms with van der Waals surface area (Å²) in [6.45, 7) is 2.30. The van der Waals surface area contributed by atoms with Gasteiger partial charge >= 0.3 is 0 Å². The van der Waals surface area contributed by atoms with E-state index in [1.165, 1.54) is 6.20 Å². The molecule has 0 saturated carbocycles.